The van der Waals surface area contributed by atoms with Crippen molar-refractivity contribution in [1.82, 2.24) is 0 Å². The molecule has 0 aliphatic heterocycles. The van der Waals surface area contributed by atoms with E-state index < -0.39 is 5.97 Å². The minimum absolute atomic E-state index is 0.0713. The minimum atomic E-state index is -0.549. The van der Waals surface area contributed by atoms with E-state index in [-0.39, 0.29) is 12.4 Å². The Labute approximate surface area is 163 Å². The molecule has 0 aliphatic rings. The molecule has 3 aromatic carbocycles. The topological polar surface area (TPSA) is 61.8 Å². The maximum absolute atomic E-state index is 12.4. The van der Waals surface area contributed by atoms with Crippen LogP contribution in [0.25, 0.3) is 0 Å². The Morgan fingerprint density at radius 1 is 0.821 bits per heavy atom. The first-order valence-corrected chi connectivity index (χ1v) is 8.75. The maximum atomic E-state index is 12.4. The molecule has 0 atom stereocenters. The Bertz CT molecular complexity index is 962. The van der Waals surface area contributed by atoms with Crippen LogP contribution in [-0.2, 0) is 4.79 Å². The molecule has 5 nitrogen and oxygen atoms in total. The van der Waals surface area contributed by atoms with Gasteiger partial charge in [-0.25, -0.2) is 4.79 Å². The third-order valence-electron chi connectivity index (χ3n) is 4.05. The maximum Gasteiger partial charge on any atom is 0.349 e. The van der Waals surface area contributed by atoms with Crippen molar-refractivity contribution in [3.8, 4) is 17.2 Å². The van der Waals surface area contributed by atoms with Crippen molar-refractivity contribution >= 4 is 11.8 Å². The number of esters is 1. The van der Waals surface area contributed by atoms with Gasteiger partial charge < -0.3 is 14.2 Å². The van der Waals surface area contributed by atoms with Crippen LogP contribution in [0.2, 0.25) is 0 Å². The van der Waals surface area contributed by atoms with Crippen molar-refractivity contribution in [2.75, 3.05) is 13.7 Å². The van der Waals surface area contributed by atoms with E-state index in [2.05, 4.69) is 0 Å². The van der Waals surface area contributed by atoms with Crippen LogP contribution < -0.4 is 14.2 Å². The number of hydrogen-bond acceptors (Lipinski definition) is 5. The second-order valence-corrected chi connectivity index (χ2v) is 6.14. The normalized spacial score (nSPS) is 10.2. The average Bonchev–Trinajstić information content (AvgIpc) is 2.74. The summed E-state index contributed by atoms with van der Waals surface area (Å²) in [6.45, 7) is 1.66. The summed E-state index contributed by atoms with van der Waals surface area (Å²) in [5, 5.41) is 0. The molecule has 0 fully saturated rings. The van der Waals surface area contributed by atoms with Crippen molar-refractivity contribution < 1.29 is 23.8 Å². The highest BCUT2D eigenvalue weighted by Crippen LogP contribution is 2.28. The zero-order valence-electron chi connectivity index (χ0n) is 15.7. The number of ketones is 1. The molecular formula is C23H20O5. The molecule has 0 bridgehead atoms. The van der Waals surface area contributed by atoms with Gasteiger partial charge in [-0.2, -0.15) is 0 Å². The lowest BCUT2D eigenvalue weighted by atomic mass is 10.0. The van der Waals surface area contributed by atoms with Gasteiger partial charge >= 0.3 is 5.97 Å². The first-order chi connectivity index (χ1) is 13.6. The van der Waals surface area contributed by atoms with E-state index in [1.54, 1.807) is 48.5 Å². The summed E-state index contributed by atoms with van der Waals surface area (Å²) in [4.78, 5) is 24.4. The van der Waals surface area contributed by atoms with E-state index in [1.165, 1.54) is 7.11 Å². The van der Waals surface area contributed by atoms with E-state index in [0.29, 0.717) is 28.4 Å². The Morgan fingerprint density at radius 3 is 2.18 bits per heavy atom. The molecule has 0 aromatic heterocycles. The van der Waals surface area contributed by atoms with Gasteiger partial charge in [0.15, 0.2) is 23.9 Å². The Kier molecular flexibility index (Phi) is 6.07. The van der Waals surface area contributed by atoms with Gasteiger partial charge in [0.05, 0.1) is 7.11 Å². The summed E-state index contributed by atoms with van der Waals surface area (Å²) in [5.74, 6) is 0.671. The van der Waals surface area contributed by atoms with Gasteiger partial charge in [-0.1, -0.05) is 36.4 Å². The highest BCUT2D eigenvalue weighted by molar-refractivity contribution is 6.08. The van der Waals surface area contributed by atoms with Crippen LogP contribution in [0.1, 0.15) is 21.5 Å². The van der Waals surface area contributed by atoms with Crippen molar-refractivity contribution in [2.45, 2.75) is 6.92 Å². The molecule has 0 heterocycles. The van der Waals surface area contributed by atoms with E-state index >= 15 is 0 Å². The quantitative estimate of drug-likeness (QED) is 0.351. The molecule has 28 heavy (non-hydrogen) atoms. The highest BCUT2D eigenvalue weighted by Gasteiger charge is 2.12. The molecule has 142 valence electrons. The first kappa shape index (κ1) is 19.2. The third kappa shape index (κ3) is 4.76. The number of rotatable bonds is 7. The number of carbonyl (C=O) groups excluding carboxylic acids is 2. The smallest absolute Gasteiger partial charge is 0.349 e. The predicted octanol–water partition coefficient (Wildman–Crippen LogP) is 4.22. The molecular weight excluding hydrogens is 356 g/mol. The fraction of sp³-hybridized carbons (Fsp3) is 0.130. The van der Waals surface area contributed by atoms with E-state index in [1.807, 2.05) is 31.2 Å². The molecule has 3 rings (SSSR count). The lowest BCUT2D eigenvalue weighted by Crippen LogP contribution is -2.18. The third-order valence-corrected chi connectivity index (χ3v) is 4.05. The molecule has 0 amide bonds. The second-order valence-electron chi connectivity index (χ2n) is 6.14. The summed E-state index contributed by atoms with van der Waals surface area (Å²) in [6.07, 6.45) is 0. The van der Waals surface area contributed by atoms with Gasteiger partial charge in [0.2, 0.25) is 0 Å². The number of methoxy groups -OCH3 is 1. The van der Waals surface area contributed by atoms with Crippen LogP contribution in [0, 0.1) is 6.92 Å². The lowest BCUT2D eigenvalue weighted by molar-refractivity contribution is -0.136. The van der Waals surface area contributed by atoms with Crippen LogP contribution >= 0.6 is 0 Å². The van der Waals surface area contributed by atoms with Gasteiger partial charge in [-0.15, -0.1) is 0 Å². The number of aryl methyl sites for hydroxylation is 1. The van der Waals surface area contributed by atoms with E-state index in [4.69, 9.17) is 14.2 Å². The van der Waals surface area contributed by atoms with Crippen molar-refractivity contribution in [3.63, 3.8) is 0 Å². The molecule has 0 saturated carbocycles. The Morgan fingerprint density at radius 2 is 1.50 bits per heavy atom. The summed E-state index contributed by atoms with van der Waals surface area (Å²) >= 11 is 0. The molecule has 0 N–H and O–H groups in total. The number of carbonyl (C=O) groups is 2. The van der Waals surface area contributed by atoms with Gasteiger partial charge in [0.1, 0.15) is 5.75 Å². The molecule has 5 heteroatoms. The van der Waals surface area contributed by atoms with Crippen LogP contribution in [-0.4, -0.2) is 25.5 Å². The van der Waals surface area contributed by atoms with Crippen molar-refractivity contribution in [3.05, 3.63) is 89.5 Å². The monoisotopic (exact) mass is 376 g/mol. The van der Waals surface area contributed by atoms with E-state index in [9.17, 15) is 9.59 Å². The summed E-state index contributed by atoms with van der Waals surface area (Å²) in [5.41, 5.74) is 2.16. The zero-order valence-corrected chi connectivity index (χ0v) is 15.7. The fourth-order valence-electron chi connectivity index (χ4n) is 2.61. The summed E-state index contributed by atoms with van der Waals surface area (Å²) in [6, 6.07) is 20.9. The molecule has 0 radical (unpaired) electrons. The molecule has 3 aromatic rings. The second kappa shape index (κ2) is 8.86. The van der Waals surface area contributed by atoms with Crippen LogP contribution in [0.4, 0.5) is 0 Å². The number of benzene rings is 3. The molecule has 0 saturated heterocycles. The Hall–Kier alpha value is -3.60. The molecule has 0 unspecified atom stereocenters. The highest BCUT2D eigenvalue weighted by atomic mass is 16.6. The predicted molar refractivity (Wildman–Crippen MR) is 105 cm³/mol. The number of ether oxygens (including phenoxy) is 3. The van der Waals surface area contributed by atoms with Gasteiger partial charge in [0.25, 0.3) is 0 Å². The summed E-state index contributed by atoms with van der Waals surface area (Å²) < 4.78 is 16.0. The molecule has 0 aliphatic carbocycles. The van der Waals surface area contributed by atoms with Crippen molar-refractivity contribution in [1.29, 1.82) is 0 Å². The van der Waals surface area contributed by atoms with Crippen LogP contribution in [0.5, 0.6) is 17.2 Å². The van der Waals surface area contributed by atoms with Crippen LogP contribution in [0.15, 0.2) is 72.8 Å². The Balaban J connectivity index is 1.58. The first-order valence-electron chi connectivity index (χ1n) is 8.75. The van der Waals surface area contributed by atoms with Gasteiger partial charge in [0, 0.05) is 11.1 Å². The summed E-state index contributed by atoms with van der Waals surface area (Å²) in [7, 11) is 1.51. The number of hydrogen-bond donors (Lipinski definition) is 0. The van der Waals surface area contributed by atoms with Gasteiger partial charge in [-0.3, -0.25) is 4.79 Å². The zero-order chi connectivity index (χ0) is 19.9. The van der Waals surface area contributed by atoms with Crippen molar-refractivity contribution in [2.24, 2.45) is 0 Å². The van der Waals surface area contributed by atoms with E-state index in [0.717, 1.165) is 5.56 Å². The molecule has 0 spiro atoms. The fourth-order valence-corrected chi connectivity index (χ4v) is 2.61. The standard InChI is InChI=1S/C23H20O5/c1-16-8-13-20(21(14-16)26-2)28-22(24)15-27-19-11-9-18(10-12-19)23(25)17-6-4-3-5-7-17/h3-14H,15H2,1-2H3. The van der Waals surface area contributed by atoms with Crippen LogP contribution in [0.3, 0.4) is 0 Å². The SMILES string of the molecule is COc1cc(C)ccc1OC(=O)COc1ccc(C(=O)c2ccccc2)cc1. The van der Waals surface area contributed by atoms with Gasteiger partial charge in [-0.05, 0) is 48.9 Å². The lowest BCUT2D eigenvalue weighted by Gasteiger charge is -2.10. The largest absolute Gasteiger partial charge is 0.493 e. The average molecular weight is 376 g/mol. The minimum Gasteiger partial charge on any atom is -0.493 e.